The molecule has 0 spiro atoms. The van der Waals surface area contributed by atoms with Gasteiger partial charge in [-0.15, -0.1) is 0 Å². The zero-order chi connectivity index (χ0) is 19.0. The zero-order valence-electron chi connectivity index (χ0n) is 14.3. The van der Waals surface area contributed by atoms with E-state index in [-0.39, 0.29) is 5.56 Å². The van der Waals surface area contributed by atoms with Crippen molar-refractivity contribution in [2.45, 2.75) is 20.8 Å². The van der Waals surface area contributed by atoms with Crippen LogP contribution in [0.1, 0.15) is 22.4 Å². The molecule has 1 N–H and O–H groups in total. The molecule has 8 heteroatoms. The van der Waals surface area contributed by atoms with Crippen LogP contribution in [0.25, 0.3) is 5.69 Å². The summed E-state index contributed by atoms with van der Waals surface area (Å²) in [6.45, 7) is 5.86. The van der Waals surface area contributed by atoms with Gasteiger partial charge in [-0.2, -0.15) is 0 Å². The molecule has 0 bridgehead atoms. The third-order valence-corrected chi connectivity index (χ3v) is 6.03. The average Bonchev–Trinajstić information content (AvgIpc) is 2.87. The van der Waals surface area contributed by atoms with E-state index in [0.29, 0.717) is 11.4 Å². The van der Waals surface area contributed by atoms with E-state index in [1.165, 1.54) is 0 Å². The summed E-state index contributed by atoms with van der Waals surface area (Å²) in [5.41, 5.74) is 4.04. The monoisotopic (exact) mass is 540 g/mol. The topological polar surface area (TPSA) is 63.0 Å². The second kappa shape index (κ2) is 7.62. The number of aliphatic imine (C=N–C) groups is 1. The molecule has 26 heavy (non-hydrogen) atoms. The fourth-order valence-electron chi connectivity index (χ4n) is 2.52. The van der Waals surface area contributed by atoms with Gasteiger partial charge in [-0.3, -0.25) is 9.89 Å². The first-order valence-corrected chi connectivity index (χ1v) is 10.1. The first-order chi connectivity index (χ1) is 12.3. The first-order valence-electron chi connectivity index (χ1n) is 7.72. The van der Waals surface area contributed by atoms with Crippen LogP contribution in [0.4, 0.5) is 5.82 Å². The number of pyridine rings is 1. The van der Waals surface area contributed by atoms with Crippen LogP contribution in [0.5, 0.6) is 0 Å². The summed E-state index contributed by atoms with van der Waals surface area (Å²) in [6, 6.07) is 5.71. The van der Waals surface area contributed by atoms with Crippen LogP contribution in [0.2, 0.25) is 0 Å². The maximum absolute atomic E-state index is 12.9. The normalized spacial score (nSPS) is 11.5. The van der Waals surface area contributed by atoms with Crippen LogP contribution >= 0.6 is 47.8 Å². The molecule has 2 aromatic heterocycles. The van der Waals surface area contributed by atoms with E-state index in [9.17, 15) is 4.79 Å². The molecule has 0 aliphatic heterocycles. The fourth-order valence-corrected chi connectivity index (χ4v) is 4.04. The highest BCUT2D eigenvalue weighted by atomic mass is 79.9. The Hall–Kier alpha value is -1.51. The van der Waals surface area contributed by atoms with Crippen molar-refractivity contribution in [2.24, 2.45) is 4.99 Å². The number of hydrogen-bond donors (Lipinski definition) is 1. The largest absolute Gasteiger partial charge is 0.295 e. The predicted molar refractivity (Wildman–Crippen MR) is 115 cm³/mol. The molecule has 1 aromatic carbocycles. The van der Waals surface area contributed by atoms with Gasteiger partial charge in [0.2, 0.25) is 0 Å². The highest BCUT2D eigenvalue weighted by Gasteiger charge is 2.14. The van der Waals surface area contributed by atoms with Gasteiger partial charge in [0.05, 0.1) is 15.7 Å². The number of nitrogens with zero attached hydrogens (tertiary/aromatic N) is 3. The Kier molecular flexibility index (Phi) is 5.64. The van der Waals surface area contributed by atoms with E-state index in [1.54, 1.807) is 17.1 Å². The number of halogens is 3. The molecule has 3 rings (SSSR count). The van der Waals surface area contributed by atoms with Gasteiger partial charge in [0.1, 0.15) is 0 Å². The van der Waals surface area contributed by atoms with Gasteiger partial charge >= 0.3 is 0 Å². The molecule has 0 unspecified atom stereocenters. The third kappa shape index (κ3) is 3.63. The van der Waals surface area contributed by atoms with Gasteiger partial charge in [0.15, 0.2) is 5.82 Å². The zero-order valence-corrected chi connectivity index (χ0v) is 19.0. The van der Waals surface area contributed by atoms with Crippen molar-refractivity contribution in [3.05, 3.63) is 70.6 Å². The van der Waals surface area contributed by atoms with Crippen molar-refractivity contribution >= 4 is 59.8 Å². The maximum Gasteiger partial charge on any atom is 0.280 e. The number of rotatable bonds is 3. The molecule has 5 nitrogen and oxygen atoms in total. The summed E-state index contributed by atoms with van der Waals surface area (Å²) < 4.78 is 4.17. The summed E-state index contributed by atoms with van der Waals surface area (Å²) in [7, 11) is 0. The number of aryl methyl sites for hydroxylation is 1. The molecule has 0 saturated carbocycles. The fraction of sp³-hybridized carbons (Fsp3) is 0.167. The van der Waals surface area contributed by atoms with E-state index >= 15 is 0 Å². The van der Waals surface area contributed by atoms with Crippen LogP contribution in [0.15, 0.2) is 47.6 Å². The smallest absolute Gasteiger partial charge is 0.280 e. The van der Waals surface area contributed by atoms with Gasteiger partial charge in [0, 0.05) is 27.1 Å². The Labute approximate surface area is 175 Å². The lowest BCUT2D eigenvalue weighted by molar-refractivity contribution is 0.827. The lowest BCUT2D eigenvalue weighted by Crippen LogP contribution is -2.18. The minimum Gasteiger partial charge on any atom is -0.295 e. The molecule has 0 radical (unpaired) electrons. The highest BCUT2D eigenvalue weighted by molar-refractivity contribution is 9.11. The minimum absolute atomic E-state index is 0.149. The number of hydrogen-bond acceptors (Lipinski definition) is 3. The predicted octanol–water partition coefficient (Wildman–Crippen LogP) is 5.52. The minimum atomic E-state index is -0.149. The highest BCUT2D eigenvalue weighted by Crippen LogP contribution is 2.26. The number of aromatic amines is 1. The number of aromatic nitrogens is 3. The van der Waals surface area contributed by atoms with Gasteiger partial charge in [-0.05, 0) is 82.0 Å². The van der Waals surface area contributed by atoms with Crippen LogP contribution < -0.4 is 5.56 Å². The lowest BCUT2D eigenvalue weighted by atomic mass is 10.1. The Morgan fingerprint density at radius 2 is 1.85 bits per heavy atom. The molecule has 0 fully saturated rings. The summed E-state index contributed by atoms with van der Waals surface area (Å²) >= 11 is 10.3. The van der Waals surface area contributed by atoms with Crippen molar-refractivity contribution in [2.75, 3.05) is 0 Å². The van der Waals surface area contributed by atoms with Crippen LogP contribution in [-0.4, -0.2) is 21.0 Å². The summed E-state index contributed by atoms with van der Waals surface area (Å²) in [5, 5.41) is 3.13. The third-order valence-electron chi connectivity index (χ3n) is 4.15. The Balaban J connectivity index is 2.06. The van der Waals surface area contributed by atoms with E-state index in [1.807, 2.05) is 39.0 Å². The SMILES string of the molecule is Cc1[nH]n(-c2ccc(Br)c(C)c2C)c(=O)c1C=Nc1ncc(Br)cc1Br. The Morgan fingerprint density at radius 3 is 2.54 bits per heavy atom. The molecule has 0 aliphatic rings. The molecule has 0 saturated heterocycles. The second-order valence-electron chi connectivity index (χ2n) is 5.82. The average molecular weight is 543 g/mol. The standard InChI is InChI=1S/C18H15Br3N4O/c1-9-10(2)16(5-4-14(9)20)25-18(26)13(11(3)24-25)8-23-17-15(21)6-12(19)7-22-17/h4-8,24H,1-3H3. The van der Waals surface area contributed by atoms with Gasteiger partial charge in [-0.25, -0.2) is 14.7 Å². The molecule has 0 amide bonds. The number of benzene rings is 1. The van der Waals surface area contributed by atoms with Crippen LogP contribution in [0, 0.1) is 20.8 Å². The second-order valence-corrected chi connectivity index (χ2v) is 8.45. The molecular formula is C18H15Br3N4O. The molecular weight excluding hydrogens is 528 g/mol. The molecule has 3 aromatic rings. The van der Waals surface area contributed by atoms with E-state index in [0.717, 1.165) is 35.9 Å². The van der Waals surface area contributed by atoms with Crippen molar-refractivity contribution < 1.29 is 0 Å². The van der Waals surface area contributed by atoms with Gasteiger partial charge < -0.3 is 0 Å². The van der Waals surface area contributed by atoms with Gasteiger partial charge in [-0.1, -0.05) is 15.9 Å². The Bertz CT molecular complexity index is 1080. The van der Waals surface area contributed by atoms with Crippen LogP contribution in [-0.2, 0) is 0 Å². The molecule has 0 atom stereocenters. The van der Waals surface area contributed by atoms with Crippen molar-refractivity contribution in [3.8, 4) is 5.69 Å². The van der Waals surface area contributed by atoms with Crippen LogP contribution in [0.3, 0.4) is 0 Å². The van der Waals surface area contributed by atoms with E-state index < -0.39 is 0 Å². The summed E-state index contributed by atoms with van der Waals surface area (Å²) in [6.07, 6.45) is 3.21. The molecule has 134 valence electrons. The quantitative estimate of drug-likeness (QED) is 0.443. The van der Waals surface area contributed by atoms with Crippen molar-refractivity contribution in [3.63, 3.8) is 0 Å². The lowest BCUT2D eigenvalue weighted by Gasteiger charge is -2.10. The molecule has 2 heterocycles. The summed E-state index contributed by atoms with van der Waals surface area (Å²) in [5.74, 6) is 0.510. The van der Waals surface area contributed by atoms with E-state index in [4.69, 9.17) is 0 Å². The van der Waals surface area contributed by atoms with E-state index in [2.05, 4.69) is 62.9 Å². The Morgan fingerprint density at radius 1 is 1.12 bits per heavy atom. The molecule has 0 aliphatic carbocycles. The van der Waals surface area contributed by atoms with Gasteiger partial charge in [0.25, 0.3) is 5.56 Å². The summed E-state index contributed by atoms with van der Waals surface area (Å²) in [4.78, 5) is 21.5. The number of H-pyrrole nitrogens is 1. The van der Waals surface area contributed by atoms with Crippen molar-refractivity contribution in [1.29, 1.82) is 0 Å². The van der Waals surface area contributed by atoms with Crippen molar-refractivity contribution in [1.82, 2.24) is 14.8 Å². The first kappa shape index (κ1) is 19.3. The maximum atomic E-state index is 12.9. The number of nitrogens with one attached hydrogen (secondary N) is 1.